The van der Waals surface area contributed by atoms with Gasteiger partial charge in [0, 0.05) is 42.2 Å². The predicted molar refractivity (Wildman–Crippen MR) is 213 cm³/mol. The average Bonchev–Trinajstić information content (AvgIpc) is 3.70. The number of ether oxygens (including phenoxy) is 3. The molecule has 2 fully saturated rings. The molecule has 13 nitrogen and oxygen atoms in total. The number of rotatable bonds is 16. The zero-order valence-electron chi connectivity index (χ0n) is 31.5. The number of anilines is 1. The minimum absolute atomic E-state index is 0.00288. The van der Waals surface area contributed by atoms with E-state index in [0.717, 1.165) is 56.9 Å². The maximum Gasteiger partial charge on any atom is 0.411 e. The SMILES string of the molecule is COc1cc(NC(=O)OCCCNC2CCC([C@@H](C(=O)OC3CCCC3)c3ccc(O)cc3)CC2)c(Cl)cc1CNC[C@H](O)c1ccc(O)c2[nH]c(=O)ccc12. The van der Waals surface area contributed by atoms with Crippen LogP contribution in [0.3, 0.4) is 0 Å². The van der Waals surface area contributed by atoms with Crippen molar-refractivity contribution in [1.82, 2.24) is 15.6 Å². The van der Waals surface area contributed by atoms with E-state index in [9.17, 15) is 29.7 Å². The van der Waals surface area contributed by atoms with E-state index >= 15 is 0 Å². The summed E-state index contributed by atoms with van der Waals surface area (Å²) in [7, 11) is 1.51. The number of methoxy groups -OCH3 is 1. The average molecular weight is 791 g/mol. The van der Waals surface area contributed by atoms with E-state index in [1.165, 1.54) is 19.2 Å². The third kappa shape index (κ3) is 10.5. The van der Waals surface area contributed by atoms with Crippen LogP contribution in [-0.4, -0.2) is 71.3 Å². The Morgan fingerprint density at radius 2 is 1.71 bits per heavy atom. The van der Waals surface area contributed by atoms with Gasteiger partial charge in [-0.05, 0) is 112 Å². The Balaban J connectivity index is 0.917. The van der Waals surface area contributed by atoms with Crippen LogP contribution in [-0.2, 0) is 20.8 Å². The Kier molecular flexibility index (Phi) is 14.1. The van der Waals surface area contributed by atoms with Gasteiger partial charge in [-0.3, -0.25) is 14.9 Å². The number of aliphatic hydroxyl groups is 1. The summed E-state index contributed by atoms with van der Waals surface area (Å²) in [5.74, 6) is 0.218. The van der Waals surface area contributed by atoms with Crippen molar-refractivity contribution in [1.29, 1.82) is 0 Å². The number of aromatic nitrogens is 1. The van der Waals surface area contributed by atoms with Crippen molar-refractivity contribution < 1.29 is 39.1 Å². The fourth-order valence-corrected chi connectivity index (χ4v) is 8.13. The third-order valence-corrected chi connectivity index (χ3v) is 11.2. The number of H-pyrrole nitrogens is 1. The number of nitrogens with one attached hydrogen (secondary N) is 4. The molecule has 0 bridgehead atoms. The summed E-state index contributed by atoms with van der Waals surface area (Å²) in [6.07, 6.45) is 6.66. The van der Waals surface area contributed by atoms with Crippen LogP contribution in [0.1, 0.15) is 86.5 Å². The summed E-state index contributed by atoms with van der Waals surface area (Å²) in [5, 5.41) is 41.1. The normalized spacial score (nSPS) is 18.3. The molecule has 4 aromatic rings. The van der Waals surface area contributed by atoms with E-state index in [0.29, 0.717) is 47.0 Å². The molecule has 0 unspecified atom stereocenters. The molecule has 14 heteroatoms. The summed E-state index contributed by atoms with van der Waals surface area (Å²) in [6, 6.07) is 16.4. The zero-order valence-corrected chi connectivity index (χ0v) is 32.3. The van der Waals surface area contributed by atoms with Gasteiger partial charge in [0.2, 0.25) is 5.56 Å². The number of esters is 1. The number of carbonyl (C=O) groups excluding carboxylic acids is 2. The quantitative estimate of drug-likeness (QED) is 0.0468. The van der Waals surface area contributed by atoms with Gasteiger partial charge in [0.1, 0.15) is 23.4 Å². The first-order valence-electron chi connectivity index (χ1n) is 19.4. The molecule has 2 saturated carbocycles. The van der Waals surface area contributed by atoms with Crippen molar-refractivity contribution in [3.63, 3.8) is 0 Å². The van der Waals surface area contributed by atoms with Gasteiger partial charge >= 0.3 is 12.1 Å². The number of aromatic amines is 1. The van der Waals surface area contributed by atoms with Crippen molar-refractivity contribution in [2.24, 2.45) is 5.92 Å². The molecule has 300 valence electrons. The molecule has 2 atom stereocenters. The maximum absolute atomic E-state index is 13.4. The lowest BCUT2D eigenvalue weighted by atomic mass is 9.75. The number of aromatic hydroxyl groups is 2. The number of hydrogen-bond donors (Lipinski definition) is 7. The summed E-state index contributed by atoms with van der Waals surface area (Å²) in [4.78, 5) is 40.4. The number of phenols is 2. The van der Waals surface area contributed by atoms with Gasteiger partial charge in [-0.15, -0.1) is 0 Å². The van der Waals surface area contributed by atoms with Crippen molar-refractivity contribution in [3.8, 4) is 17.2 Å². The smallest absolute Gasteiger partial charge is 0.411 e. The molecule has 0 radical (unpaired) electrons. The number of halogens is 1. The number of amides is 1. The van der Waals surface area contributed by atoms with Gasteiger partial charge in [0.05, 0.1) is 42.0 Å². The summed E-state index contributed by atoms with van der Waals surface area (Å²) >= 11 is 6.53. The lowest BCUT2D eigenvalue weighted by Gasteiger charge is -2.34. The molecule has 7 N–H and O–H groups in total. The first-order chi connectivity index (χ1) is 27.1. The fraction of sp³-hybridized carbons (Fsp3) is 0.452. The molecule has 0 aliphatic heterocycles. The Hall–Kier alpha value is -4.82. The Morgan fingerprint density at radius 1 is 0.964 bits per heavy atom. The molecule has 1 aromatic heterocycles. The largest absolute Gasteiger partial charge is 0.508 e. The van der Waals surface area contributed by atoms with E-state index in [1.54, 1.807) is 36.4 Å². The minimum Gasteiger partial charge on any atom is -0.508 e. The molecule has 0 saturated heterocycles. The fourth-order valence-electron chi connectivity index (χ4n) is 7.89. The third-order valence-electron chi connectivity index (χ3n) is 10.8. The second kappa shape index (κ2) is 19.4. The van der Waals surface area contributed by atoms with E-state index in [2.05, 4.69) is 20.9 Å². The number of hydrogen-bond acceptors (Lipinski definition) is 11. The molecule has 2 aliphatic rings. The molecular weight excluding hydrogens is 740 g/mol. The molecule has 56 heavy (non-hydrogen) atoms. The zero-order chi connectivity index (χ0) is 39.6. The summed E-state index contributed by atoms with van der Waals surface area (Å²) in [5.41, 5.74) is 2.35. The molecule has 6 rings (SSSR count). The lowest BCUT2D eigenvalue weighted by molar-refractivity contribution is -0.152. The van der Waals surface area contributed by atoms with Crippen molar-refractivity contribution in [2.75, 3.05) is 32.1 Å². The first-order valence-corrected chi connectivity index (χ1v) is 19.7. The molecule has 1 heterocycles. The van der Waals surface area contributed by atoms with Crippen molar-refractivity contribution in [3.05, 3.63) is 92.7 Å². The molecule has 2 aliphatic carbocycles. The van der Waals surface area contributed by atoms with Crippen LogP contribution < -0.4 is 26.2 Å². The summed E-state index contributed by atoms with van der Waals surface area (Å²) < 4.78 is 16.9. The first kappa shape index (κ1) is 40.8. The number of aliphatic hydroxyl groups excluding tert-OH is 1. The van der Waals surface area contributed by atoms with Crippen LogP contribution in [0.15, 0.2) is 65.5 Å². The monoisotopic (exact) mass is 790 g/mol. The Bertz CT molecular complexity index is 2010. The maximum atomic E-state index is 13.4. The van der Waals surface area contributed by atoms with Gasteiger partial charge in [-0.1, -0.05) is 29.8 Å². The Labute approximate surface area is 330 Å². The van der Waals surface area contributed by atoms with Crippen LogP contribution in [0, 0.1) is 5.92 Å². The minimum atomic E-state index is -0.945. The number of fused-ring (bicyclic) bond motifs is 1. The molecule has 3 aromatic carbocycles. The van der Waals surface area contributed by atoms with Crippen LogP contribution in [0.4, 0.5) is 10.5 Å². The number of benzene rings is 3. The standard InChI is InChI=1S/C42H51ClN4O9/c1-54-37-22-34(33(43)21-27(37)23-44-24-36(50)31-15-17-35(49)40-32(31)16-18-38(51)47-40)46-42(53)55-20-4-19-45-28-11-7-25(8-12-28)39(26-9-13-29(48)14-10-26)41(52)56-30-5-2-3-6-30/h9-10,13-18,21-22,25,28,30,36,39,44-45,48-50H,2-8,11-12,19-20,23-24H2,1H3,(H,46,53)(H,47,51)/t25?,28?,36-,39+/m0/s1. The van der Waals surface area contributed by atoms with Gasteiger partial charge < -0.3 is 45.1 Å². The second-order valence-corrected chi connectivity index (χ2v) is 15.1. The van der Waals surface area contributed by atoms with Crippen LogP contribution in [0.2, 0.25) is 5.02 Å². The topological polar surface area (TPSA) is 191 Å². The van der Waals surface area contributed by atoms with Gasteiger partial charge in [-0.2, -0.15) is 0 Å². The molecule has 1 amide bonds. The van der Waals surface area contributed by atoms with E-state index < -0.39 is 12.2 Å². The number of phenolic OH excluding ortho intramolecular Hbond substituents is 2. The van der Waals surface area contributed by atoms with E-state index in [-0.39, 0.29) is 71.2 Å². The Morgan fingerprint density at radius 3 is 2.45 bits per heavy atom. The highest BCUT2D eigenvalue weighted by Crippen LogP contribution is 2.39. The van der Waals surface area contributed by atoms with E-state index in [4.69, 9.17) is 25.8 Å². The number of carbonyl (C=O) groups is 2. The van der Waals surface area contributed by atoms with Crippen LogP contribution in [0.5, 0.6) is 17.2 Å². The van der Waals surface area contributed by atoms with Gasteiger partial charge in [0.25, 0.3) is 0 Å². The number of pyridine rings is 1. The van der Waals surface area contributed by atoms with Crippen molar-refractivity contribution >= 4 is 40.3 Å². The highest BCUT2D eigenvalue weighted by molar-refractivity contribution is 6.33. The van der Waals surface area contributed by atoms with E-state index in [1.807, 2.05) is 12.1 Å². The molecular formula is C42H51ClN4O9. The van der Waals surface area contributed by atoms with Crippen molar-refractivity contribution in [2.45, 2.75) is 88.5 Å². The second-order valence-electron chi connectivity index (χ2n) is 14.7. The van der Waals surface area contributed by atoms with Crippen LogP contribution >= 0.6 is 11.6 Å². The summed E-state index contributed by atoms with van der Waals surface area (Å²) in [6.45, 7) is 1.31. The van der Waals surface area contributed by atoms with Gasteiger partial charge in [-0.25, -0.2) is 4.79 Å². The lowest BCUT2D eigenvalue weighted by Crippen LogP contribution is -2.37. The van der Waals surface area contributed by atoms with Gasteiger partial charge in [0.15, 0.2) is 0 Å². The highest BCUT2D eigenvalue weighted by Gasteiger charge is 2.36. The van der Waals surface area contributed by atoms with Crippen LogP contribution in [0.25, 0.3) is 10.9 Å². The molecule has 0 spiro atoms. The highest BCUT2D eigenvalue weighted by atomic mass is 35.5. The predicted octanol–water partition coefficient (Wildman–Crippen LogP) is 6.78.